The van der Waals surface area contributed by atoms with Crippen molar-refractivity contribution < 1.29 is 9.53 Å². The summed E-state index contributed by atoms with van der Waals surface area (Å²) >= 11 is 0. The molecule has 1 aliphatic heterocycles. The molecule has 4 heteroatoms. The fourth-order valence-corrected chi connectivity index (χ4v) is 4.15. The highest BCUT2D eigenvalue weighted by Crippen LogP contribution is 2.40. The Morgan fingerprint density at radius 2 is 2.00 bits per heavy atom. The molecule has 1 amide bonds. The zero-order valence-electron chi connectivity index (χ0n) is 14.5. The summed E-state index contributed by atoms with van der Waals surface area (Å²) < 4.78 is 5.07. The molecule has 1 aromatic rings. The molecule has 1 saturated carbocycles. The highest BCUT2D eigenvalue weighted by Gasteiger charge is 2.35. The lowest BCUT2D eigenvalue weighted by atomic mass is 9.80. The minimum Gasteiger partial charge on any atom is -0.383 e. The Morgan fingerprint density at radius 3 is 2.62 bits per heavy atom. The maximum atomic E-state index is 12.0. The molecule has 0 unspecified atom stereocenters. The summed E-state index contributed by atoms with van der Waals surface area (Å²) in [4.78, 5) is 13.9. The third-order valence-electron chi connectivity index (χ3n) is 5.56. The molecule has 4 nitrogen and oxygen atoms in total. The van der Waals surface area contributed by atoms with Gasteiger partial charge in [-0.3, -0.25) is 4.79 Å². The van der Waals surface area contributed by atoms with Gasteiger partial charge in [-0.1, -0.05) is 37.1 Å². The highest BCUT2D eigenvalue weighted by molar-refractivity contribution is 5.78. The molecule has 2 fully saturated rings. The molecule has 0 aromatic heterocycles. The number of amides is 1. The minimum absolute atomic E-state index is 0.239. The lowest BCUT2D eigenvalue weighted by molar-refractivity contribution is -0.128. The van der Waals surface area contributed by atoms with Crippen molar-refractivity contribution in [1.29, 1.82) is 5.26 Å². The second kappa shape index (κ2) is 7.36. The zero-order chi connectivity index (χ0) is 17.0. The summed E-state index contributed by atoms with van der Waals surface area (Å²) in [7, 11) is 1.66. The highest BCUT2D eigenvalue weighted by atomic mass is 16.5. The molecule has 1 saturated heterocycles. The molecule has 0 N–H and O–H groups in total. The Kier molecular flexibility index (Phi) is 5.20. The quantitative estimate of drug-likeness (QED) is 0.807. The number of nitrogens with zero attached hydrogens (tertiary/aromatic N) is 2. The van der Waals surface area contributed by atoms with Crippen LogP contribution in [0.25, 0.3) is 0 Å². The maximum Gasteiger partial charge on any atom is 0.223 e. The second-order valence-corrected chi connectivity index (χ2v) is 7.20. The molecule has 1 heterocycles. The summed E-state index contributed by atoms with van der Waals surface area (Å²) in [6.07, 6.45) is 5.82. The lowest BCUT2D eigenvalue weighted by Gasteiger charge is -2.21. The average molecular weight is 326 g/mol. The van der Waals surface area contributed by atoms with Gasteiger partial charge in [-0.2, -0.15) is 5.26 Å². The average Bonchev–Trinajstić information content (AvgIpc) is 3.21. The summed E-state index contributed by atoms with van der Waals surface area (Å²) in [6, 6.07) is 11.1. The van der Waals surface area contributed by atoms with Gasteiger partial charge in [0.25, 0.3) is 0 Å². The van der Waals surface area contributed by atoms with Crippen LogP contribution in [-0.2, 0) is 21.4 Å². The van der Waals surface area contributed by atoms with E-state index >= 15 is 0 Å². The van der Waals surface area contributed by atoms with Crippen LogP contribution in [0.15, 0.2) is 24.3 Å². The zero-order valence-corrected chi connectivity index (χ0v) is 14.5. The predicted octanol–water partition coefficient (Wildman–Crippen LogP) is 3.06. The van der Waals surface area contributed by atoms with E-state index in [0.717, 1.165) is 44.2 Å². The van der Waals surface area contributed by atoms with Crippen molar-refractivity contribution in [2.24, 2.45) is 5.92 Å². The van der Waals surface area contributed by atoms with Gasteiger partial charge in [0.05, 0.1) is 18.1 Å². The van der Waals surface area contributed by atoms with Gasteiger partial charge in [-0.15, -0.1) is 0 Å². The molecule has 1 aliphatic carbocycles. The first-order valence-electron chi connectivity index (χ1n) is 8.94. The standard InChI is InChI=1S/C20H26N2O2/c1-24-11-10-22-14-17(13-19(22)23)12-16-4-6-18(7-5-16)20(15-21)8-2-3-9-20/h4-7,17H,2-3,8-14H2,1H3/t17-/m1/s1. The molecular weight excluding hydrogens is 300 g/mol. The van der Waals surface area contributed by atoms with E-state index in [1.54, 1.807) is 7.11 Å². The maximum absolute atomic E-state index is 12.0. The van der Waals surface area contributed by atoms with Gasteiger partial charge in [-0.05, 0) is 36.3 Å². The summed E-state index contributed by atoms with van der Waals surface area (Å²) in [5, 5.41) is 9.60. The van der Waals surface area contributed by atoms with E-state index in [0.29, 0.717) is 25.5 Å². The predicted molar refractivity (Wildman–Crippen MR) is 92.5 cm³/mol. The Bertz CT molecular complexity index is 612. The number of hydrogen-bond acceptors (Lipinski definition) is 3. The van der Waals surface area contributed by atoms with Crippen molar-refractivity contribution in [1.82, 2.24) is 4.90 Å². The van der Waals surface area contributed by atoms with Crippen molar-refractivity contribution in [3.63, 3.8) is 0 Å². The Balaban J connectivity index is 1.61. The molecule has 0 bridgehead atoms. The first kappa shape index (κ1) is 17.0. The van der Waals surface area contributed by atoms with E-state index in [1.165, 1.54) is 5.56 Å². The summed E-state index contributed by atoms with van der Waals surface area (Å²) in [5.41, 5.74) is 2.16. The van der Waals surface area contributed by atoms with Crippen molar-refractivity contribution in [3.8, 4) is 6.07 Å². The van der Waals surface area contributed by atoms with Gasteiger partial charge in [-0.25, -0.2) is 0 Å². The van der Waals surface area contributed by atoms with Crippen LogP contribution in [0.1, 0.15) is 43.2 Å². The number of nitriles is 1. The smallest absolute Gasteiger partial charge is 0.223 e. The van der Waals surface area contributed by atoms with Crippen LogP contribution >= 0.6 is 0 Å². The van der Waals surface area contributed by atoms with E-state index in [2.05, 4.69) is 30.3 Å². The van der Waals surface area contributed by atoms with Crippen LogP contribution in [0.2, 0.25) is 0 Å². The van der Waals surface area contributed by atoms with Gasteiger partial charge >= 0.3 is 0 Å². The number of hydrogen-bond donors (Lipinski definition) is 0. The van der Waals surface area contributed by atoms with Gasteiger partial charge in [0.2, 0.25) is 5.91 Å². The van der Waals surface area contributed by atoms with Gasteiger partial charge < -0.3 is 9.64 Å². The largest absolute Gasteiger partial charge is 0.383 e. The molecule has 0 spiro atoms. The van der Waals surface area contributed by atoms with Crippen molar-refractivity contribution in [3.05, 3.63) is 35.4 Å². The minimum atomic E-state index is -0.265. The van der Waals surface area contributed by atoms with E-state index in [1.807, 2.05) is 4.90 Å². The van der Waals surface area contributed by atoms with E-state index in [4.69, 9.17) is 4.74 Å². The van der Waals surface area contributed by atoms with Crippen LogP contribution in [0.3, 0.4) is 0 Å². The van der Waals surface area contributed by atoms with Crippen molar-refractivity contribution in [2.45, 2.75) is 43.9 Å². The monoisotopic (exact) mass is 326 g/mol. The molecule has 3 rings (SSSR count). The van der Waals surface area contributed by atoms with E-state index in [9.17, 15) is 10.1 Å². The third-order valence-corrected chi connectivity index (χ3v) is 5.56. The summed E-state index contributed by atoms with van der Waals surface area (Å²) in [6.45, 7) is 2.12. The van der Waals surface area contributed by atoms with E-state index in [-0.39, 0.29) is 11.3 Å². The van der Waals surface area contributed by atoms with Crippen LogP contribution in [0.5, 0.6) is 0 Å². The molecule has 128 valence electrons. The Labute approximate surface area is 144 Å². The van der Waals surface area contributed by atoms with Crippen LogP contribution < -0.4 is 0 Å². The second-order valence-electron chi connectivity index (χ2n) is 7.20. The summed E-state index contributed by atoms with van der Waals surface area (Å²) in [5.74, 6) is 0.625. The number of likely N-dealkylation sites (tertiary alicyclic amines) is 1. The Morgan fingerprint density at radius 1 is 1.29 bits per heavy atom. The SMILES string of the molecule is COCCN1C[C@H](Cc2ccc(C3(C#N)CCCC3)cc2)CC1=O. The first-order chi connectivity index (χ1) is 11.7. The lowest BCUT2D eigenvalue weighted by Crippen LogP contribution is -2.28. The van der Waals surface area contributed by atoms with Crippen LogP contribution in [0.4, 0.5) is 0 Å². The first-order valence-corrected chi connectivity index (χ1v) is 8.94. The van der Waals surface area contributed by atoms with Gasteiger partial charge in [0, 0.05) is 26.6 Å². The fraction of sp³-hybridized carbons (Fsp3) is 0.600. The Hall–Kier alpha value is -1.86. The van der Waals surface area contributed by atoms with Crippen molar-refractivity contribution in [2.75, 3.05) is 26.8 Å². The number of carbonyl (C=O) groups excluding carboxylic acids is 1. The number of rotatable bonds is 6. The van der Waals surface area contributed by atoms with Crippen LogP contribution in [-0.4, -0.2) is 37.6 Å². The molecular formula is C20H26N2O2. The number of ether oxygens (including phenoxy) is 1. The normalized spacial score (nSPS) is 22.8. The third kappa shape index (κ3) is 3.47. The molecule has 1 atom stereocenters. The molecule has 1 aromatic carbocycles. The number of benzene rings is 1. The van der Waals surface area contributed by atoms with Gasteiger partial charge in [0.1, 0.15) is 0 Å². The van der Waals surface area contributed by atoms with Crippen LogP contribution in [0, 0.1) is 17.2 Å². The topological polar surface area (TPSA) is 53.3 Å². The number of carbonyl (C=O) groups is 1. The van der Waals surface area contributed by atoms with Gasteiger partial charge in [0.15, 0.2) is 0 Å². The fourth-order valence-electron chi connectivity index (χ4n) is 4.15. The molecule has 24 heavy (non-hydrogen) atoms. The van der Waals surface area contributed by atoms with E-state index < -0.39 is 0 Å². The van der Waals surface area contributed by atoms with Crippen molar-refractivity contribution >= 4 is 5.91 Å². The number of methoxy groups -OCH3 is 1. The molecule has 0 radical (unpaired) electrons. The molecule has 2 aliphatic rings.